The Labute approximate surface area is 200 Å². The highest BCUT2D eigenvalue weighted by Gasteiger charge is 2.22. The summed E-state index contributed by atoms with van der Waals surface area (Å²) in [7, 11) is 1.61. The minimum Gasteiger partial charge on any atom is -0.490 e. The number of aliphatic imine (C=N–C) groups is 1. The molecule has 4 heterocycles. The Balaban J connectivity index is 1.55. The molecule has 0 radical (unpaired) electrons. The van der Waals surface area contributed by atoms with Crippen molar-refractivity contribution in [2.75, 3.05) is 31.3 Å². The molecule has 11 nitrogen and oxygen atoms in total. The predicted octanol–water partition coefficient (Wildman–Crippen LogP) is 3.27. The summed E-state index contributed by atoms with van der Waals surface area (Å²) in [6.45, 7) is 3.30. The smallest absolute Gasteiger partial charge is 0.261 e. The van der Waals surface area contributed by atoms with Crippen LogP contribution in [0, 0.1) is 0 Å². The van der Waals surface area contributed by atoms with Crippen LogP contribution < -0.4 is 21.3 Å². The Kier molecular flexibility index (Phi) is 6.23. The highest BCUT2D eigenvalue weighted by molar-refractivity contribution is 5.95. The van der Waals surface area contributed by atoms with Gasteiger partial charge in [0.1, 0.15) is 35.2 Å². The van der Waals surface area contributed by atoms with Crippen molar-refractivity contribution in [2.45, 2.75) is 31.9 Å². The first-order chi connectivity index (χ1) is 17.0. The van der Waals surface area contributed by atoms with Crippen LogP contribution in [0.25, 0.3) is 22.4 Å². The molecular weight excluding hydrogens is 450 g/mol. The van der Waals surface area contributed by atoms with Crippen LogP contribution in [-0.4, -0.2) is 52.5 Å². The van der Waals surface area contributed by atoms with E-state index in [4.69, 9.17) is 19.6 Å². The molecule has 4 aromatic rings. The van der Waals surface area contributed by atoms with Crippen LogP contribution in [-0.2, 0) is 4.74 Å². The van der Waals surface area contributed by atoms with Gasteiger partial charge in [-0.3, -0.25) is 9.79 Å². The maximum absolute atomic E-state index is 13.2. The predicted molar refractivity (Wildman–Crippen MR) is 133 cm³/mol. The van der Waals surface area contributed by atoms with Crippen LogP contribution >= 0.6 is 0 Å². The number of H-pyrrole nitrogens is 2. The fraction of sp³-hybridized carbons (Fsp3) is 0.333. The number of nitrogens with zero attached hydrogens (tertiary/aromatic N) is 3. The van der Waals surface area contributed by atoms with Gasteiger partial charge in [0.15, 0.2) is 6.39 Å². The molecule has 5 rings (SSSR count). The Morgan fingerprint density at radius 3 is 2.89 bits per heavy atom. The Hall–Kier alpha value is -4.12. The standard InChI is InChI=1S/C24H27N7O4/c1-13(19-11-34-12-27-19)28-22-20(24(32)31-18(10-26-2)21(22)25)23-29-16-4-3-15(9-17(16)30-23)35-14-5-7-33-8-6-14/h3-4,9-14H,5-8,25H2,1-2H3,(H,29,30)(H2,28,31,32). The lowest BCUT2D eigenvalue weighted by molar-refractivity contribution is 0.0256. The summed E-state index contributed by atoms with van der Waals surface area (Å²) in [6.07, 6.45) is 6.22. The largest absolute Gasteiger partial charge is 0.490 e. The molecule has 11 heteroatoms. The van der Waals surface area contributed by atoms with E-state index in [2.05, 4.69) is 30.2 Å². The third kappa shape index (κ3) is 4.62. The second-order valence-corrected chi connectivity index (χ2v) is 8.39. The molecular formula is C24H27N7O4. The zero-order valence-electron chi connectivity index (χ0n) is 19.5. The van der Waals surface area contributed by atoms with Gasteiger partial charge < -0.3 is 34.9 Å². The van der Waals surface area contributed by atoms with Gasteiger partial charge in [0.25, 0.3) is 5.56 Å². The molecule has 1 saturated heterocycles. The molecule has 0 saturated carbocycles. The van der Waals surface area contributed by atoms with Crippen molar-refractivity contribution >= 4 is 28.6 Å². The van der Waals surface area contributed by atoms with Gasteiger partial charge in [-0.15, -0.1) is 0 Å². The number of ether oxygens (including phenoxy) is 2. The van der Waals surface area contributed by atoms with E-state index < -0.39 is 0 Å². The first-order valence-electron chi connectivity index (χ1n) is 11.4. The number of pyridine rings is 1. The van der Waals surface area contributed by atoms with E-state index in [0.717, 1.165) is 24.1 Å². The molecule has 5 N–H and O–H groups in total. The van der Waals surface area contributed by atoms with Crippen LogP contribution in [0.5, 0.6) is 5.75 Å². The van der Waals surface area contributed by atoms with Crippen molar-refractivity contribution < 1.29 is 13.9 Å². The van der Waals surface area contributed by atoms with Gasteiger partial charge >= 0.3 is 0 Å². The van der Waals surface area contributed by atoms with Crippen molar-refractivity contribution in [2.24, 2.45) is 4.99 Å². The van der Waals surface area contributed by atoms with E-state index in [9.17, 15) is 4.79 Å². The average Bonchev–Trinajstić information content (AvgIpc) is 3.53. The van der Waals surface area contributed by atoms with Crippen LogP contribution in [0.15, 0.2) is 45.1 Å². The molecule has 1 aromatic carbocycles. The minimum atomic E-state index is -0.360. The van der Waals surface area contributed by atoms with Gasteiger partial charge in [-0.2, -0.15) is 0 Å². The van der Waals surface area contributed by atoms with Gasteiger partial charge in [0.2, 0.25) is 0 Å². The molecule has 1 fully saturated rings. The first kappa shape index (κ1) is 22.7. The lowest BCUT2D eigenvalue weighted by atomic mass is 10.1. The van der Waals surface area contributed by atoms with Crippen molar-refractivity contribution in [1.29, 1.82) is 0 Å². The topological polar surface area (TPSA) is 156 Å². The van der Waals surface area contributed by atoms with Crippen LogP contribution in [0.3, 0.4) is 0 Å². The monoisotopic (exact) mass is 477 g/mol. The second-order valence-electron chi connectivity index (χ2n) is 8.39. The summed E-state index contributed by atoms with van der Waals surface area (Å²) in [4.78, 5) is 32.1. The van der Waals surface area contributed by atoms with E-state index in [0.29, 0.717) is 47.3 Å². The third-order valence-electron chi connectivity index (χ3n) is 5.96. The lowest BCUT2D eigenvalue weighted by Crippen LogP contribution is -2.25. The number of nitrogen functional groups attached to an aromatic ring is 1. The molecule has 1 aliphatic heterocycles. The zero-order chi connectivity index (χ0) is 24.4. The quantitative estimate of drug-likeness (QED) is 0.295. The number of oxazole rings is 1. The minimum absolute atomic E-state index is 0.118. The summed E-state index contributed by atoms with van der Waals surface area (Å²) in [5, 5.41) is 3.30. The number of fused-ring (bicyclic) bond motifs is 1. The number of hydrogen-bond donors (Lipinski definition) is 4. The highest BCUT2D eigenvalue weighted by Crippen LogP contribution is 2.34. The van der Waals surface area contributed by atoms with Gasteiger partial charge in [0, 0.05) is 32.2 Å². The maximum atomic E-state index is 13.2. The highest BCUT2D eigenvalue weighted by atomic mass is 16.5. The van der Waals surface area contributed by atoms with Crippen molar-refractivity contribution in [1.82, 2.24) is 19.9 Å². The van der Waals surface area contributed by atoms with Crippen LogP contribution in [0.4, 0.5) is 11.4 Å². The Morgan fingerprint density at radius 1 is 1.31 bits per heavy atom. The zero-order valence-corrected chi connectivity index (χ0v) is 19.5. The molecule has 1 unspecified atom stereocenters. The molecule has 35 heavy (non-hydrogen) atoms. The molecule has 0 amide bonds. The van der Waals surface area contributed by atoms with Crippen LogP contribution in [0.2, 0.25) is 0 Å². The fourth-order valence-electron chi connectivity index (χ4n) is 4.13. The van der Waals surface area contributed by atoms with E-state index >= 15 is 0 Å². The van der Waals surface area contributed by atoms with Gasteiger partial charge in [0.05, 0.1) is 47.4 Å². The van der Waals surface area contributed by atoms with E-state index in [1.54, 1.807) is 7.05 Å². The van der Waals surface area contributed by atoms with E-state index in [-0.39, 0.29) is 23.3 Å². The Morgan fingerprint density at radius 2 is 2.14 bits per heavy atom. The number of anilines is 2. The van der Waals surface area contributed by atoms with Crippen LogP contribution in [0.1, 0.15) is 37.2 Å². The number of benzene rings is 1. The molecule has 182 valence electrons. The molecule has 0 spiro atoms. The first-order valence-corrected chi connectivity index (χ1v) is 11.4. The number of nitrogens with one attached hydrogen (secondary N) is 3. The van der Waals surface area contributed by atoms with Gasteiger partial charge in [-0.05, 0) is 19.1 Å². The number of aromatic amines is 2. The van der Waals surface area contributed by atoms with Crippen molar-refractivity contribution in [3.8, 4) is 17.1 Å². The molecule has 0 aliphatic carbocycles. The SMILES string of the molecule is CN=Cc1[nH]c(=O)c(-c2nc3ccc(OC4CCOCC4)cc3[nH]2)c(NC(C)c2cocn2)c1N. The summed E-state index contributed by atoms with van der Waals surface area (Å²) in [6, 6.07) is 5.35. The number of aromatic nitrogens is 4. The van der Waals surface area contributed by atoms with Gasteiger partial charge in [-0.25, -0.2) is 9.97 Å². The van der Waals surface area contributed by atoms with Crippen molar-refractivity contribution in [3.05, 3.63) is 52.6 Å². The Bertz CT molecular complexity index is 1400. The number of nitrogens with two attached hydrogens (primary N) is 1. The molecule has 1 atom stereocenters. The summed E-state index contributed by atoms with van der Waals surface area (Å²) in [5.41, 5.74) is 9.67. The van der Waals surface area contributed by atoms with E-state index in [1.165, 1.54) is 18.9 Å². The second kappa shape index (κ2) is 9.63. The number of rotatable bonds is 7. The number of imidazole rings is 1. The number of hydrogen-bond acceptors (Lipinski definition) is 9. The molecule has 0 bridgehead atoms. The average molecular weight is 478 g/mol. The maximum Gasteiger partial charge on any atom is 0.261 e. The lowest BCUT2D eigenvalue weighted by Gasteiger charge is -2.23. The van der Waals surface area contributed by atoms with Crippen molar-refractivity contribution in [3.63, 3.8) is 0 Å². The molecule has 3 aromatic heterocycles. The van der Waals surface area contributed by atoms with E-state index in [1.807, 2.05) is 25.1 Å². The molecule has 1 aliphatic rings. The normalized spacial score (nSPS) is 15.6. The summed E-state index contributed by atoms with van der Waals surface area (Å²) >= 11 is 0. The summed E-state index contributed by atoms with van der Waals surface area (Å²) < 4.78 is 16.6. The fourth-order valence-corrected chi connectivity index (χ4v) is 4.13. The van der Waals surface area contributed by atoms with Gasteiger partial charge in [-0.1, -0.05) is 0 Å². The third-order valence-corrected chi connectivity index (χ3v) is 5.96. The summed E-state index contributed by atoms with van der Waals surface area (Å²) in [5.74, 6) is 1.12.